The lowest BCUT2D eigenvalue weighted by molar-refractivity contribution is 0.799. The van der Waals surface area contributed by atoms with Gasteiger partial charge in [0.25, 0.3) is 0 Å². The largest absolute Gasteiger partial charge is 0.192 e. The number of nitriles is 1. The Morgan fingerprint density at radius 1 is 0.750 bits per heavy atom. The Morgan fingerprint density at radius 2 is 1.25 bits per heavy atom. The second-order valence-corrected chi connectivity index (χ2v) is 5.63. The minimum atomic E-state index is 0.929. The van der Waals surface area contributed by atoms with Crippen molar-refractivity contribution in [2.45, 2.75) is 79.1 Å². The third-order valence-electron chi connectivity index (χ3n) is 3.90. The molecule has 0 bridgehead atoms. The van der Waals surface area contributed by atoms with Gasteiger partial charge in [-0.05, 0) is 54.0 Å². The van der Waals surface area contributed by atoms with Crippen LogP contribution in [0, 0.1) is 11.3 Å². The summed E-state index contributed by atoms with van der Waals surface area (Å²) in [6.45, 7) is 8.92. The van der Waals surface area contributed by atoms with Crippen LogP contribution < -0.4 is 0 Å². The number of benzene rings is 1. The molecule has 0 saturated heterocycles. The second-order valence-electron chi connectivity index (χ2n) is 5.63. The fourth-order valence-corrected chi connectivity index (χ4v) is 3.13. The van der Waals surface area contributed by atoms with Crippen molar-refractivity contribution in [1.29, 1.82) is 5.26 Å². The maximum absolute atomic E-state index is 9.50. The summed E-state index contributed by atoms with van der Waals surface area (Å²) in [4.78, 5) is 0. The molecule has 0 aliphatic rings. The van der Waals surface area contributed by atoms with Crippen molar-refractivity contribution < 1.29 is 0 Å². The molecule has 1 heteroatoms. The molecule has 0 unspecified atom stereocenters. The smallest absolute Gasteiger partial charge is 0.0994 e. The number of hydrogen-bond acceptors (Lipinski definition) is 1. The third-order valence-corrected chi connectivity index (χ3v) is 3.90. The first kappa shape index (κ1) is 16.8. The van der Waals surface area contributed by atoms with Gasteiger partial charge >= 0.3 is 0 Å². The normalized spacial score (nSPS) is 10.6. The highest BCUT2D eigenvalue weighted by Crippen LogP contribution is 2.28. The Morgan fingerprint density at radius 3 is 1.75 bits per heavy atom. The zero-order valence-corrected chi connectivity index (χ0v) is 13.7. The van der Waals surface area contributed by atoms with Gasteiger partial charge < -0.3 is 0 Å². The first-order valence-corrected chi connectivity index (χ1v) is 8.29. The molecule has 1 rings (SSSR count). The summed E-state index contributed by atoms with van der Waals surface area (Å²) in [6, 6.07) is 4.63. The number of aryl methyl sites for hydroxylation is 1. The summed E-state index contributed by atoms with van der Waals surface area (Å²) < 4.78 is 0. The van der Waals surface area contributed by atoms with E-state index >= 15 is 0 Å². The van der Waals surface area contributed by atoms with E-state index in [0.717, 1.165) is 50.5 Å². The van der Waals surface area contributed by atoms with Crippen LogP contribution in [-0.2, 0) is 25.7 Å². The van der Waals surface area contributed by atoms with E-state index in [2.05, 4.69) is 39.8 Å². The molecule has 0 heterocycles. The van der Waals surface area contributed by atoms with Gasteiger partial charge in [-0.25, -0.2) is 0 Å². The average Bonchev–Trinajstić information content (AvgIpc) is 2.45. The highest BCUT2D eigenvalue weighted by atomic mass is 14.3. The number of nitrogens with zero attached hydrogens (tertiary/aromatic N) is 1. The molecule has 1 aromatic carbocycles. The molecule has 0 aliphatic heterocycles. The molecule has 0 aliphatic carbocycles. The third kappa shape index (κ3) is 3.85. The molecule has 0 aromatic heterocycles. The standard InChI is InChI=1S/C19H29N/c1-5-9-15-13-16(14-20)18(11-7-3)19(12-8-4)17(15)10-6-2/h13H,5-12H2,1-4H3. The molecular formula is C19H29N. The van der Waals surface area contributed by atoms with Crippen molar-refractivity contribution in [2.75, 3.05) is 0 Å². The molecule has 0 saturated carbocycles. The van der Waals surface area contributed by atoms with Gasteiger partial charge in [-0.2, -0.15) is 5.26 Å². The Hall–Kier alpha value is -1.29. The molecule has 0 fully saturated rings. The Bertz CT molecular complexity index is 466. The first-order valence-electron chi connectivity index (χ1n) is 8.29. The van der Waals surface area contributed by atoms with Gasteiger partial charge in [0.2, 0.25) is 0 Å². The molecule has 0 atom stereocenters. The van der Waals surface area contributed by atoms with E-state index in [-0.39, 0.29) is 0 Å². The fraction of sp³-hybridized carbons (Fsp3) is 0.632. The molecule has 0 N–H and O–H groups in total. The van der Waals surface area contributed by atoms with Gasteiger partial charge in [0, 0.05) is 0 Å². The minimum Gasteiger partial charge on any atom is -0.192 e. The topological polar surface area (TPSA) is 23.8 Å². The van der Waals surface area contributed by atoms with Gasteiger partial charge in [0.1, 0.15) is 0 Å². The summed E-state index contributed by atoms with van der Waals surface area (Å²) in [5.74, 6) is 0. The van der Waals surface area contributed by atoms with Crippen molar-refractivity contribution in [3.63, 3.8) is 0 Å². The molecule has 0 radical (unpaired) electrons. The molecule has 1 aromatic rings. The van der Waals surface area contributed by atoms with E-state index in [4.69, 9.17) is 0 Å². The zero-order chi connectivity index (χ0) is 15.0. The summed E-state index contributed by atoms with van der Waals surface area (Å²) in [7, 11) is 0. The maximum atomic E-state index is 9.50. The van der Waals surface area contributed by atoms with Crippen molar-refractivity contribution in [3.8, 4) is 6.07 Å². The van der Waals surface area contributed by atoms with Crippen LogP contribution in [0.2, 0.25) is 0 Å². The van der Waals surface area contributed by atoms with Gasteiger partial charge in [0.05, 0.1) is 11.6 Å². The van der Waals surface area contributed by atoms with Crippen molar-refractivity contribution in [3.05, 3.63) is 33.9 Å². The maximum Gasteiger partial charge on any atom is 0.0994 e. The Kier molecular flexibility index (Phi) is 7.37. The van der Waals surface area contributed by atoms with Crippen LogP contribution in [0.15, 0.2) is 6.07 Å². The predicted molar refractivity (Wildman–Crippen MR) is 87.1 cm³/mol. The monoisotopic (exact) mass is 271 g/mol. The lowest BCUT2D eigenvalue weighted by atomic mass is 9.84. The first-order chi connectivity index (χ1) is 9.73. The van der Waals surface area contributed by atoms with Crippen molar-refractivity contribution in [2.24, 2.45) is 0 Å². The van der Waals surface area contributed by atoms with E-state index in [1.165, 1.54) is 23.1 Å². The van der Waals surface area contributed by atoms with E-state index in [1.807, 2.05) is 0 Å². The van der Waals surface area contributed by atoms with Crippen LogP contribution in [0.5, 0.6) is 0 Å². The SMILES string of the molecule is CCCc1cc(C#N)c(CCC)c(CCC)c1CCC. The van der Waals surface area contributed by atoms with E-state index < -0.39 is 0 Å². The second kappa shape index (κ2) is 8.80. The molecule has 0 spiro atoms. The van der Waals surface area contributed by atoms with Crippen molar-refractivity contribution >= 4 is 0 Å². The molecule has 110 valence electrons. The quantitative estimate of drug-likeness (QED) is 0.623. The van der Waals surface area contributed by atoms with E-state index in [0.29, 0.717) is 0 Å². The molecule has 1 nitrogen and oxygen atoms in total. The highest BCUT2D eigenvalue weighted by Gasteiger charge is 2.16. The predicted octanol–water partition coefficient (Wildman–Crippen LogP) is 5.37. The Labute approximate surface area is 125 Å². The van der Waals surface area contributed by atoms with Crippen LogP contribution in [0.1, 0.15) is 81.2 Å². The number of rotatable bonds is 8. The van der Waals surface area contributed by atoms with Crippen molar-refractivity contribution in [1.82, 2.24) is 0 Å². The number of hydrogen-bond donors (Lipinski definition) is 0. The molecule has 20 heavy (non-hydrogen) atoms. The average molecular weight is 271 g/mol. The summed E-state index contributed by atoms with van der Waals surface area (Å²) in [6.07, 6.45) is 9.04. The van der Waals surface area contributed by atoms with Gasteiger partial charge in [0.15, 0.2) is 0 Å². The highest BCUT2D eigenvalue weighted by molar-refractivity contribution is 5.51. The van der Waals surface area contributed by atoms with Crippen LogP contribution in [0.3, 0.4) is 0 Å². The molecule has 0 amide bonds. The fourth-order valence-electron chi connectivity index (χ4n) is 3.13. The van der Waals surface area contributed by atoms with Crippen LogP contribution in [-0.4, -0.2) is 0 Å². The van der Waals surface area contributed by atoms with E-state index in [9.17, 15) is 5.26 Å². The Balaban J connectivity index is 3.48. The lowest BCUT2D eigenvalue weighted by Crippen LogP contribution is -2.08. The van der Waals surface area contributed by atoms with Crippen LogP contribution >= 0.6 is 0 Å². The zero-order valence-electron chi connectivity index (χ0n) is 13.7. The summed E-state index contributed by atoms with van der Waals surface area (Å²) in [5, 5.41) is 9.50. The minimum absolute atomic E-state index is 0.929. The van der Waals surface area contributed by atoms with Gasteiger partial charge in [-0.3, -0.25) is 0 Å². The van der Waals surface area contributed by atoms with Crippen LogP contribution in [0.25, 0.3) is 0 Å². The summed E-state index contributed by atoms with van der Waals surface area (Å²) >= 11 is 0. The molecular weight excluding hydrogens is 242 g/mol. The lowest BCUT2D eigenvalue weighted by Gasteiger charge is -2.20. The van der Waals surface area contributed by atoms with Crippen LogP contribution in [0.4, 0.5) is 0 Å². The van der Waals surface area contributed by atoms with Gasteiger partial charge in [-0.1, -0.05) is 53.4 Å². The summed E-state index contributed by atoms with van der Waals surface area (Å²) in [5.41, 5.74) is 6.74. The van der Waals surface area contributed by atoms with Gasteiger partial charge in [-0.15, -0.1) is 0 Å². The van der Waals surface area contributed by atoms with E-state index in [1.54, 1.807) is 5.56 Å².